The van der Waals surface area contributed by atoms with Gasteiger partial charge >= 0.3 is 0 Å². The fourth-order valence-corrected chi connectivity index (χ4v) is 1.81. The average Bonchev–Trinajstić information content (AvgIpc) is 2.42. The highest BCUT2D eigenvalue weighted by Crippen LogP contribution is 2.17. The van der Waals surface area contributed by atoms with E-state index in [2.05, 4.69) is 5.32 Å². The van der Waals surface area contributed by atoms with Gasteiger partial charge in [0.05, 0.1) is 6.04 Å². The lowest BCUT2D eigenvalue weighted by atomic mass is 10.0. The molecule has 0 saturated carbocycles. The minimum absolute atomic E-state index is 0.0477. The van der Waals surface area contributed by atoms with Gasteiger partial charge in [0.2, 0.25) is 11.8 Å². The van der Waals surface area contributed by atoms with Crippen LogP contribution in [0.2, 0.25) is 0 Å². The van der Waals surface area contributed by atoms with Crippen molar-refractivity contribution in [1.29, 1.82) is 0 Å². The lowest BCUT2D eigenvalue weighted by molar-refractivity contribution is -0.123. The van der Waals surface area contributed by atoms with E-state index in [-0.39, 0.29) is 31.1 Å². The number of benzene rings is 1. The van der Waals surface area contributed by atoms with Gasteiger partial charge in [-0.3, -0.25) is 9.59 Å². The second kappa shape index (κ2) is 7.73. The minimum atomic E-state index is -0.824. The molecule has 1 aromatic rings. The van der Waals surface area contributed by atoms with Crippen LogP contribution < -0.4 is 16.8 Å². The van der Waals surface area contributed by atoms with Gasteiger partial charge in [0.25, 0.3) is 0 Å². The molecule has 1 rings (SSSR count). The summed E-state index contributed by atoms with van der Waals surface area (Å²) in [6.07, 6.45) is 0.224. The SMILES string of the molecule is CC(C)c1ccc(CNC(=O)[C@@H](N)CCC(N)=O)c(F)c1. The third-order valence-corrected chi connectivity index (χ3v) is 3.24. The standard InChI is InChI=1S/C15H22FN3O2/c1-9(2)10-3-4-11(12(16)7-10)8-19-15(21)13(17)5-6-14(18)20/h3-4,7,9,13H,5-6,8,17H2,1-2H3,(H2,18,20)(H,19,21)/t13-/m0/s1. The number of hydrogen-bond acceptors (Lipinski definition) is 3. The summed E-state index contributed by atoms with van der Waals surface area (Å²) in [4.78, 5) is 22.3. The van der Waals surface area contributed by atoms with Gasteiger partial charge < -0.3 is 16.8 Å². The van der Waals surface area contributed by atoms with Crippen LogP contribution >= 0.6 is 0 Å². The number of nitrogens with one attached hydrogen (secondary N) is 1. The van der Waals surface area contributed by atoms with Gasteiger partial charge in [0.1, 0.15) is 5.82 Å². The van der Waals surface area contributed by atoms with Gasteiger partial charge in [-0.15, -0.1) is 0 Å². The maximum absolute atomic E-state index is 13.9. The van der Waals surface area contributed by atoms with Gasteiger partial charge in [0, 0.05) is 18.5 Å². The van der Waals surface area contributed by atoms with Crippen LogP contribution in [0.3, 0.4) is 0 Å². The molecule has 21 heavy (non-hydrogen) atoms. The molecule has 1 atom stereocenters. The van der Waals surface area contributed by atoms with Crippen LogP contribution in [0.15, 0.2) is 18.2 Å². The van der Waals surface area contributed by atoms with Crippen molar-refractivity contribution in [2.24, 2.45) is 11.5 Å². The van der Waals surface area contributed by atoms with Gasteiger partial charge in [-0.25, -0.2) is 4.39 Å². The third kappa shape index (κ3) is 5.51. The molecule has 1 aromatic carbocycles. The number of nitrogens with two attached hydrogens (primary N) is 2. The minimum Gasteiger partial charge on any atom is -0.370 e. The fraction of sp³-hybridized carbons (Fsp3) is 0.467. The summed E-state index contributed by atoms with van der Waals surface area (Å²) >= 11 is 0. The number of primary amides is 1. The molecule has 2 amide bonds. The Bertz CT molecular complexity index is 518. The summed E-state index contributed by atoms with van der Waals surface area (Å²) in [7, 11) is 0. The highest BCUT2D eigenvalue weighted by Gasteiger charge is 2.15. The molecule has 5 nitrogen and oxygen atoms in total. The van der Waals surface area contributed by atoms with E-state index in [1.54, 1.807) is 6.07 Å². The van der Waals surface area contributed by atoms with E-state index in [1.807, 2.05) is 19.9 Å². The van der Waals surface area contributed by atoms with Crippen molar-refractivity contribution in [3.05, 3.63) is 35.1 Å². The zero-order chi connectivity index (χ0) is 16.0. The number of amides is 2. The summed E-state index contributed by atoms with van der Waals surface area (Å²) in [6.45, 7) is 4.02. The summed E-state index contributed by atoms with van der Waals surface area (Å²) in [5.41, 5.74) is 11.9. The molecule has 0 fully saturated rings. The Hall–Kier alpha value is -1.95. The smallest absolute Gasteiger partial charge is 0.237 e. The van der Waals surface area contributed by atoms with E-state index < -0.39 is 17.9 Å². The second-order valence-electron chi connectivity index (χ2n) is 5.33. The van der Waals surface area contributed by atoms with E-state index in [0.717, 1.165) is 5.56 Å². The van der Waals surface area contributed by atoms with Crippen LogP contribution in [0.4, 0.5) is 4.39 Å². The van der Waals surface area contributed by atoms with Crippen LogP contribution in [0, 0.1) is 5.82 Å². The van der Waals surface area contributed by atoms with Crippen LogP contribution in [-0.2, 0) is 16.1 Å². The fourth-order valence-electron chi connectivity index (χ4n) is 1.81. The normalized spacial score (nSPS) is 12.2. The first kappa shape index (κ1) is 17.1. The number of halogens is 1. The van der Waals surface area contributed by atoms with E-state index in [0.29, 0.717) is 5.56 Å². The monoisotopic (exact) mass is 295 g/mol. The molecule has 0 aromatic heterocycles. The van der Waals surface area contributed by atoms with Gasteiger partial charge in [-0.1, -0.05) is 26.0 Å². The van der Waals surface area contributed by atoms with Crippen molar-refractivity contribution in [2.75, 3.05) is 0 Å². The Morgan fingerprint density at radius 3 is 2.52 bits per heavy atom. The molecule has 0 unspecified atom stereocenters. The molecular weight excluding hydrogens is 273 g/mol. The highest BCUT2D eigenvalue weighted by atomic mass is 19.1. The predicted octanol–water partition coefficient (Wildman–Crippen LogP) is 1.16. The molecule has 0 aliphatic heterocycles. The lowest BCUT2D eigenvalue weighted by Crippen LogP contribution is -2.40. The van der Waals surface area contributed by atoms with Gasteiger partial charge in [-0.05, 0) is 24.0 Å². The lowest BCUT2D eigenvalue weighted by Gasteiger charge is -2.13. The molecule has 6 heteroatoms. The molecule has 0 aliphatic carbocycles. The molecule has 5 N–H and O–H groups in total. The predicted molar refractivity (Wildman–Crippen MR) is 78.7 cm³/mol. The van der Waals surface area contributed by atoms with Crippen molar-refractivity contribution < 1.29 is 14.0 Å². The van der Waals surface area contributed by atoms with Crippen molar-refractivity contribution in [3.8, 4) is 0 Å². The molecule has 0 radical (unpaired) electrons. The Kier molecular flexibility index (Phi) is 6.30. The van der Waals surface area contributed by atoms with Gasteiger partial charge in [0.15, 0.2) is 0 Å². The zero-order valence-corrected chi connectivity index (χ0v) is 12.4. The summed E-state index contributed by atoms with van der Waals surface area (Å²) in [6, 6.07) is 4.14. The quantitative estimate of drug-likeness (QED) is 0.704. The van der Waals surface area contributed by atoms with E-state index in [1.165, 1.54) is 6.07 Å². The Balaban J connectivity index is 2.55. The first-order valence-corrected chi connectivity index (χ1v) is 6.91. The van der Waals surface area contributed by atoms with Crippen LogP contribution in [0.1, 0.15) is 43.7 Å². The number of carbonyl (C=O) groups is 2. The highest BCUT2D eigenvalue weighted by molar-refractivity contribution is 5.82. The number of rotatable bonds is 7. The molecule has 0 spiro atoms. The molecule has 0 saturated heterocycles. The van der Waals surface area contributed by atoms with E-state index in [9.17, 15) is 14.0 Å². The maximum Gasteiger partial charge on any atom is 0.237 e. The second-order valence-corrected chi connectivity index (χ2v) is 5.33. The summed E-state index contributed by atoms with van der Waals surface area (Å²) in [5.74, 6) is -1.05. The van der Waals surface area contributed by atoms with Crippen LogP contribution in [-0.4, -0.2) is 17.9 Å². The largest absolute Gasteiger partial charge is 0.370 e. The van der Waals surface area contributed by atoms with Gasteiger partial charge in [-0.2, -0.15) is 0 Å². The van der Waals surface area contributed by atoms with Crippen molar-refractivity contribution in [2.45, 2.75) is 45.2 Å². The van der Waals surface area contributed by atoms with E-state index in [4.69, 9.17) is 11.5 Å². The zero-order valence-electron chi connectivity index (χ0n) is 12.4. The van der Waals surface area contributed by atoms with Crippen molar-refractivity contribution in [3.63, 3.8) is 0 Å². The van der Waals surface area contributed by atoms with Crippen LogP contribution in [0.25, 0.3) is 0 Å². The molecule has 116 valence electrons. The Morgan fingerprint density at radius 2 is 2.00 bits per heavy atom. The van der Waals surface area contributed by atoms with Crippen molar-refractivity contribution in [1.82, 2.24) is 5.32 Å². The molecule has 0 bridgehead atoms. The number of hydrogen-bond donors (Lipinski definition) is 3. The van der Waals surface area contributed by atoms with Crippen molar-refractivity contribution >= 4 is 11.8 Å². The van der Waals surface area contributed by atoms with Crippen LogP contribution in [0.5, 0.6) is 0 Å². The molecule has 0 aliphatic rings. The van der Waals surface area contributed by atoms with E-state index >= 15 is 0 Å². The number of carbonyl (C=O) groups excluding carboxylic acids is 2. The summed E-state index contributed by atoms with van der Waals surface area (Å²) < 4.78 is 13.9. The first-order valence-electron chi connectivity index (χ1n) is 6.91. The Labute approximate surface area is 123 Å². The molecule has 0 heterocycles. The summed E-state index contributed by atoms with van der Waals surface area (Å²) in [5, 5.41) is 2.56. The maximum atomic E-state index is 13.9. The average molecular weight is 295 g/mol. The Morgan fingerprint density at radius 1 is 1.33 bits per heavy atom. The third-order valence-electron chi connectivity index (χ3n) is 3.24. The molecular formula is C15H22FN3O2. The first-order chi connectivity index (χ1) is 9.81. The topological polar surface area (TPSA) is 98.2 Å².